The predicted octanol–water partition coefficient (Wildman–Crippen LogP) is 2.97. The topological polar surface area (TPSA) is 85.1 Å². The summed E-state index contributed by atoms with van der Waals surface area (Å²) < 4.78 is 38.9. The summed E-state index contributed by atoms with van der Waals surface area (Å²) in [6, 6.07) is -1.52. The van der Waals surface area contributed by atoms with Crippen molar-refractivity contribution in [3.8, 4) is 0 Å². The average Bonchev–Trinajstić information content (AvgIpc) is 3.18. The van der Waals surface area contributed by atoms with Gasteiger partial charge in [0.05, 0.1) is 18.8 Å². The molecule has 28 heavy (non-hydrogen) atoms. The molecule has 2 aliphatic heterocycles. The molecule has 0 radical (unpaired) electrons. The van der Waals surface area contributed by atoms with E-state index in [0.29, 0.717) is 29.4 Å². The Hall–Kier alpha value is -2.49. The molecule has 3 heterocycles. The molecule has 2 bridgehead atoms. The highest BCUT2D eigenvalue weighted by Crippen LogP contribution is 2.32. The van der Waals surface area contributed by atoms with Gasteiger partial charge in [-0.3, -0.25) is 0 Å². The van der Waals surface area contributed by atoms with Crippen molar-refractivity contribution in [3.63, 3.8) is 0 Å². The third-order valence-corrected chi connectivity index (χ3v) is 5.16. The van der Waals surface area contributed by atoms with E-state index in [1.165, 1.54) is 17.4 Å². The molecule has 1 saturated carbocycles. The van der Waals surface area contributed by atoms with Crippen LogP contribution in [0.2, 0.25) is 0 Å². The average molecular weight is 397 g/mol. The molecule has 0 spiro atoms. The number of rotatable bonds is 5. The second-order valence-corrected chi connectivity index (χ2v) is 7.21. The van der Waals surface area contributed by atoms with Gasteiger partial charge in [-0.2, -0.15) is 18.7 Å². The molecule has 0 N–H and O–H groups in total. The Morgan fingerprint density at radius 1 is 1.25 bits per heavy atom. The van der Waals surface area contributed by atoms with Crippen LogP contribution in [0.5, 0.6) is 0 Å². The van der Waals surface area contributed by atoms with Crippen molar-refractivity contribution in [2.75, 3.05) is 13.1 Å². The number of carbonyl (C=O) groups is 2. The number of oxazole rings is 1. The van der Waals surface area contributed by atoms with E-state index < -0.39 is 30.3 Å². The minimum absolute atomic E-state index is 0.161. The number of halogens is 2. The summed E-state index contributed by atoms with van der Waals surface area (Å²) in [6.45, 7) is 0.338. The summed E-state index contributed by atoms with van der Waals surface area (Å²) in [5.41, 5.74) is 0.588. The lowest BCUT2D eigenvalue weighted by Gasteiger charge is -2.25. The van der Waals surface area contributed by atoms with Crippen LogP contribution in [0.4, 0.5) is 13.6 Å². The van der Waals surface area contributed by atoms with Crippen LogP contribution in [0.25, 0.3) is 5.57 Å². The van der Waals surface area contributed by atoms with E-state index in [2.05, 4.69) is 9.82 Å². The van der Waals surface area contributed by atoms with Gasteiger partial charge in [0, 0.05) is 12.1 Å². The van der Waals surface area contributed by atoms with Gasteiger partial charge in [-0.25, -0.2) is 14.6 Å². The molecule has 2 amide bonds. The van der Waals surface area contributed by atoms with E-state index in [0.717, 1.165) is 25.7 Å². The van der Waals surface area contributed by atoms with Gasteiger partial charge in [0.25, 0.3) is 0 Å². The number of aromatic nitrogens is 1. The highest BCUT2D eigenvalue weighted by atomic mass is 19.3. The lowest BCUT2D eigenvalue weighted by molar-refractivity contribution is -0.328. The molecule has 4 rings (SSSR count). The Labute approximate surface area is 160 Å². The fourth-order valence-electron chi connectivity index (χ4n) is 3.77. The zero-order chi connectivity index (χ0) is 19.7. The van der Waals surface area contributed by atoms with Crippen LogP contribution in [0.15, 0.2) is 23.0 Å². The first-order valence-electron chi connectivity index (χ1n) is 9.41. The smallest absolute Gasteiger partial charge is 0.456 e. The summed E-state index contributed by atoms with van der Waals surface area (Å²) in [5, 5.41) is 0.532. The first-order chi connectivity index (χ1) is 13.4. The number of amides is 2. The first kappa shape index (κ1) is 18.9. The molecule has 1 aliphatic carbocycles. The van der Waals surface area contributed by atoms with Crippen LogP contribution in [-0.4, -0.2) is 58.3 Å². The molecular weight excluding hydrogens is 376 g/mol. The Bertz CT molecular complexity index is 759. The van der Waals surface area contributed by atoms with Crippen LogP contribution in [0.3, 0.4) is 0 Å². The van der Waals surface area contributed by atoms with E-state index in [-0.39, 0.29) is 13.1 Å². The number of urea groups is 1. The zero-order valence-electron chi connectivity index (χ0n) is 15.2. The summed E-state index contributed by atoms with van der Waals surface area (Å²) in [6.07, 6.45) is 4.41. The number of carbonyl (C=O) groups excluding carboxylic acids is 2. The number of alkyl halides is 2. The fraction of sp³-hybridized carbons (Fsp3) is 0.611. The second kappa shape index (κ2) is 7.50. The number of hydroxylamine groups is 2. The van der Waals surface area contributed by atoms with Crippen molar-refractivity contribution in [1.82, 2.24) is 14.9 Å². The number of hydrogen-bond donors (Lipinski definition) is 0. The summed E-state index contributed by atoms with van der Waals surface area (Å²) in [4.78, 5) is 34.3. The van der Waals surface area contributed by atoms with Crippen molar-refractivity contribution in [2.24, 2.45) is 0 Å². The van der Waals surface area contributed by atoms with E-state index in [1.54, 1.807) is 6.08 Å². The molecular formula is C18H21F2N3O5. The van der Waals surface area contributed by atoms with Gasteiger partial charge in [-0.05, 0) is 31.8 Å². The highest BCUT2D eigenvalue weighted by molar-refractivity contribution is 5.82. The SMILES string of the molecule is O=C1N2CC(c3ncco3)=CC(C2)N1OC(F)(F)C(=O)OC1CCCCCC1. The molecule has 8 nitrogen and oxygen atoms in total. The molecule has 1 atom stereocenters. The Balaban J connectivity index is 1.43. The fourth-order valence-corrected chi connectivity index (χ4v) is 3.77. The van der Waals surface area contributed by atoms with Crippen LogP contribution in [0.1, 0.15) is 44.4 Å². The van der Waals surface area contributed by atoms with Crippen LogP contribution in [0, 0.1) is 0 Å². The Morgan fingerprint density at radius 2 is 2.00 bits per heavy atom. The molecule has 0 aromatic carbocycles. The van der Waals surface area contributed by atoms with Gasteiger partial charge in [-0.15, -0.1) is 0 Å². The third-order valence-electron chi connectivity index (χ3n) is 5.16. The molecule has 1 aromatic rings. The maximum absolute atomic E-state index is 14.4. The zero-order valence-corrected chi connectivity index (χ0v) is 15.2. The van der Waals surface area contributed by atoms with Gasteiger partial charge in [0.1, 0.15) is 12.4 Å². The highest BCUT2D eigenvalue weighted by Gasteiger charge is 2.52. The normalized spacial score (nSPS) is 23.6. The number of esters is 1. The monoisotopic (exact) mass is 397 g/mol. The van der Waals surface area contributed by atoms with Crippen LogP contribution >= 0.6 is 0 Å². The van der Waals surface area contributed by atoms with Gasteiger partial charge in [0.2, 0.25) is 5.89 Å². The number of fused-ring (bicyclic) bond motifs is 2. The number of ether oxygens (including phenoxy) is 1. The van der Waals surface area contributed by atoms with Crippen molar-refractivity contribution in [1.29, 1.82) is 0 Å². The summed E-state index contributed by atoms with van der Waals surface area (Å²) >= 11 is 0. The van der Waals surface area contributed by atoms with Gasteiger partial charge < -0.3 is 14.1 Å². The number of nitrogens with zero attached hydrogens (tertiary/aromatic N) is 3. The molecule has 152 valence electrons. The van der Waals surface area contributed by atoms with Crippen LogP contribution in [-0.2, 0) is 14.4 Å². The van der Waals surface area contributed by atoms with Gasteiger partial charge in [-0.1, -0.05) is 12.8 Å². The Kier molecular flexibility index (Phi) is 5.05. The quantitative estimate of drug-likeness (QED) is 0.561. The molecule has 2 fully saturated rings. The van der Waals surface area contributed by atoms with Crippen molar-refractivity contribution in [3.05, 3.63) is 24.4 Å². The third kappa shape index (κ3) is 3.73. The van der Waals surface area contributed by atoms with Gasteiger partial charge >= 0.3 is 18.1 Å². The lowest BCUT2D eigenvalue weighted by Crippen LogP contribution is -2.45. The minimum atomic E-state index is -4.25. The minimum Gasteiger partial charge on any atom is -0.456 e. The van der Waals surface area contributed by atoms with E-state index >= 15 is 0 Å². The second-order valence-electron chi connectivity index (χ2n) is 7.21. The molecule has 1 unspecified atom stereocenters. The lowest BCUT2D eigenvalue weighted by atomic mass is 10.1. The van der Waals surface area contributed by atoms with Crippen molar-refractivity contribution < 1.29 is 32.4 Å². The molecule has 1 saturated heterocycles. The first-order valence-corrected chi connectivity index (χ1v) is 9.41. The van der Waals surface area contributed by atoms with Crippen molar-refractivity contribution in [2.45, 2.75) is 56.8 Å². The summed E-state index contributed by atoms with van der Waals surface area (Å²) in [5.74, 6) is -1.45. The molecule has 1 aromatic heterocycles. The van der Waals surface area contributed by atoms with Crippen molar-refractivity contribution >= 4 is 17.6 Å². The predicted molar refractivity (Wildman–Crippen MR) is 90.7 cm³/mol. The van der Waals surface area contributed by atoms with E-state index in [1.807, 2.05) is 0 Å². The van der Waals surface area contributed by atoms with E-state index in [9.17, 15) is 18.4 Å². The number of hydrogen-bond acceptors (Lipinski definition) is 6. The summed E-state index contributed by atoms with van der Waals surface area (Å²) in [7, 11) is 0. The van der Waals surface area contributed by atoms with E-state index in [4.69, 9.17) is 9.15 Å². The maximum atomic E-state index is 14.4. The maximum Gasteiger partial charge on any atom is 0.477 e. The van der Waals surface area contributed by atoms with Gasteiger partial charge in [0.15, 0.2) is 0 Å². The van der Waals surface area contributed by atoms with Crippen LogP contribution < -0.4 is 0 Å². The standard InChI is InChI=1S/C18H21F2N3O5/c19-18(20,16(24)27-14-5-3-1-2-4-6-14)28-23-13-9-12(15-21-7-8-26-15)10-22(11-13)17(23)25/h7-9,13-14H,1-6,10-11H2. The largest absolute Gasteiger partial charge is 0.477 e. The molecule has 3 aliphatic rings. The Morgan fingerprint density at radius 3 is 2.68 bits per heavy atom. The molecule has 10 heteroatoms.